The molecule has 1 aromatic carbocycles. The first-order valence-corrected chi connectivity index (χ1v) is 6.23. The molecule has 1 aliphatic carbocycles. The van der Waals surface area contributed by atoms with Crippen molar-refractivity contribution in [3.05, 3.63) is 36.2 Å². The molecule has 1 aliphatic rings. The van der Waals surface area contributed by atoms with Gasteiger partial charge in [0.1, 0.15) is 11.2 Å². The lowest BCUT2D eigenvalue weighted by Crippen LogP contribution is -2.23. The Bertz CT molecular complexity index is 647. The Labute approximate surface area is 111 Å². The van der Waals surface area contributed by atoms with Crippen LogP contribution in [0.5, 0.6) is 5.75 Å². The van der Waals surface area contributed by atoms with Crippen LogP contribution in [0.15, 0.2) is 30.5 Å². The number of carbonyl (C=O) groups excluding carboxylic acids is 1. The van der Waals surface area contributed by atoms with Gasteiger partial charge in [-0.15, -0.1) is 0 Å². The lowest BCUT2D eigenvalue weighted by atomic mass is 9.96. The van der Waals surface area contributed by atoms with Gasteiger partial charge in [-0.1, -0.05) is 6.07 Å². The average Bonchev–Trinajstić information content (AvgIpc) is 3.26. The number of nitrogens with zero attached hydrogens (tertiary/aromatic N) is 1. The predicted molar refractivity (Wildman–Crippen MR) is 71.2 cm³/mol. The fourth-order valence-corrected chi connectivity index (χ4v) is 2.51. The molecule has 0 N–H and O–H groups in total. The molecule has 0 unspecified atom stereocenters. The molecular formula is C15H15NO3. The Morgan fingerprint density at radius 3 is 2.68 bits per heavy atom. The molecule has 1 fully saturated rings. The zero-order valence-corrected chi connectivity index (χ0v) is 11.0. The minimum absolute atomic E-state index is 0.199. The van der Waals surface area contributed by atoms with Crippen LogP contribution in [0.25, 0.3) is 10.8 Å². The van der Waals surface area contributed by atoms with Crippen LogP contribution in [0, 0.1) is 0 Å². The van der Waals surface area contributed by atoms with E-state index in [1.807, 2.05) is 24.3 Å². The maximum atomic E-state index is 12.0. The van der Waals surface area contributed by atoms with E-state index < -0.39 is 5.41 Å². The zero-order valence-electron chi connectivity index (χ0n) is 11.0. The summed E-state index contributed by atoms with van der Waals surface area (Å²) in [4.78, 5) is 16.4. The standard InChI is InChI=1S/C15H15NO3/c1-18-11-4-3-10-5-8-16-13(12(10)9-11)15(6-7-15)14(17)19-2/h3-5,8-9H,6-7H2,1-2H3. The fraction of sp³-hybridized carbons (Fsp3) is 0.333. The lowest BCUT2D eigenvalue weighted by Gasteiger charge is -2.15. The van der Waals surface area contributed by atoms with Crippen molar-refractivity contribution in [2.75, 3.05) is 14.2 Å². The number of hydrogen-bond acceptors (Lipinski definition) is 4. The summed E-state index contributed by atoms with van der Waals surface area (Å²) in [7, 11) is 3.05. The Balaban J connectivity index is 2.21. The summed E-state index contributed by atoms with van der Waals surface area (Å²) >= 11 is 0. The number of hydrogen-bond donors (Lipinski definition) is 0. The highest BCUT2D eigenvalue weighted by atomic mass is 16.5. The van der Waals surface area contributed by atoms with E-state index in [0.717, 1.165) is 35.1 Å². The van der Waals surface area contributed by atoms with Gasteiger partial charge in [-0.3, -0.25) is 9.78 Å². The van der Waals surface area contributed by atoms with Gasteiger partial charge in [0, 0.05) is 11.6 Å². The van der Waals surface area contributed by atoms with E-state index in [1.54, 1.807) is 13.3 Å². The maximum Gasteiger partial charge on any atom is 0.317 e. The number of pyridine rings is 1. The number of methoxy groups -OCH3 is 2. The van der Waals surface area contributed by atoms with Gasteiger partial charge in [0.2, 0.25) is 0 Å². The van der Waals surface area contributed by atoms with Gasteiger partial charge in [0.25, 0.3) is 0 Å². The highest BCUT2D eigenvalue weighted by molar-refractivity contribution is 5.95. The molecule has 19 heavy (non-hydrogen) atoms. The van der Waals surface area contributed by atoms with Crippen LogP contribution < -0.4 is 4.74 Å². The Morgan fingerprint density at radius 1 is 1.26 bits per heavy atom. The highest BCUT2D eigenvalue weighted by Gasteiger charge is 2.54. The molecule has 98 valence electrons. The monoisotopic (exact) mass is 257 g/mol. The van der Waals surface area contributed by atoms with Crippen LogP contribution in [-0.2, 0) is 14.9 Å². The van der Waals surface area contributed by atoms with Crippen molar-refractivity contribution in [2.45, 2.75) is 18.3 Å². The molecule has 4 heteroatoms. The van der Waals surface area contributed by atoms with Crippen molar-refractivity contribution in [3.63, 3.8) is 0 Å². The lowest BCUT2D eigenvalue weighted by molar-refractivity contribution is -0.143. The molecular weight excluding hydrogens is 242 g/mol. The number of carbonyl (C=O) groups is 1. The number of benzene rings is 1. The average molecular weight is 257 g/mol. The molecule has 0 aliphatic heterocycles. The zero-order chi connectivity index (χ0) is 13.5. The molecule has 4 nitrogen and oxygen atoms in total. The second kappa shape index (κ2) is 4.23. The summed E-state index contributed by atoms with van der Waals surface area (Å²) < 4.78 is 10.2. The Kier molecular flexibility index (Phi) is 2.66. The third kappa shape index (κ3) is 1.75. The second-order valence-corrected chi connectivity index (χ2v) is 4.82. The van der Waals surface area contributed by atoms with Crippen molar-refractivity contribution >= 4 is 16.7 Å². The van der Waals surface area contributed by atoms with Crippen LogP contribution in [0.1, 0.15) is 18.5 Å². The number of aromatic nitrogens is 1. The fourth-order valence-electron chi connectivity index (χ4n) is 2.51. The minimum atomic E-state index is -0.555. The van der Waals surface area contributed by atoms with E-state index in [4.69, 9.17) is 9.47 Å². The molecule has 0 bridgehead atoms. The van der Waals surface area contributed by atoms with E-state index in [-0.39, 0.29) is 5.97 Å². The molecule has 0 saturated heterocycles. The Morgan fingerprint density at radius 2 is 2.05 bits per heavy atom. The van der Waals surface area contributed by atoms with Crippen LogP contribution in [-0.4, -0.2) is 25.2 Å². The quantitative estimate of drug-likeness (QED) is 0.792. The molecule has 0 amide bonds. The van der Waals surface area contributed by atoms with Gasteiger partial charge in [-0.25, -0.2) is 0 Å². The molecule has 0 radical (unpaired) electrons. The van der Waals surface area contributed by atoms with E-state index in [2.05, 4.69) is 4.98 Å². The summed E-state index contributed by atoms with van der Waals surface area (Å²) in [6, 6.07) is 7.75. The van der Waals surface area contributed by atoms with E-state index in [1.165, 1.54) is 7.11 Å². The van der Waals surface area contributed by atoms with E-state index in [0.29, 0.717) is 0 Å². The first-order valence-electron chi connectivity index (χ1n) is 6.23. The molecule has 1 aromatic heterocycles. The van der Waals surface area contributed by atoms with Crippen LogP contribution in [0.4, 0.5) is 0 Å². The second-order valence-electron chi connectivity index (χ2n) is 4.82. The van der Waals surface area contributed by atoms with Crippen LogP contribution in [0.2, 0.25) is 0 Å². The smallest absolute Gasteiger partial charge is 0.317 e. The van der Waals surface area contributed by atoms with Gasteiger partial charge in [0.05, 0.1) is 19.9 Å². The number of fused-ring (bicyclic) bond motifs is 1. The summed E-state index contributed by atoms with van der Waals surface area (Å²) in [5, 5.41) is 2.02. The molecule has 0 atom stereocenters. The van der Waals surface area contributed by atoms with Crippen molar-refractivity contribution < 1.29 is 14.3 Å². The van der Waals surface area contributed by atoms with Gasteiger partial charge in [-0.05, 0) is 36.4 Å². The summed E-state index contributed by atoms with van der Waals surface area (Å²) in [5.74, 6) is 0.567. The topological polar surface area (TPSA) is 48.4 Å². The molecule has 1 saturated carbocycles. The van der Waals surface area contributed by atoms with Crippen molar-refractivity contribution in [3.8, 4) is 5.75 Å². The van der Waals surface area contributed by atoms with Crippen molar-refractivity contribution in [2.24, 2.45) is 0 Å². The van der Waals surface area contributed by atoms with Crippen molar-refractivity contribution in [1.29, 1.82) is 0 Å². The highest BCUT2D eigenvalue weighted by Crippen LogP contribution is 2.50. The summed E-state index contributed by atoms with van der Waals surface area (Å²) in [5.41, 5.74) is 0.247. The van der Waals surface area contributed by atoms with E-state index in [9.17, 15) is 4.79 Å². The Hall–Kier alpha value is -2.10. The van der Waals surface area contributed by atoms with Gasteiger partial charge in [-0.2, -0.15) is 0 Å². The summed E-state index contributed by atoms with van der Waals surface area (Å²) in [6.07, 6.45) is 3.33. The van der Waals surface area contributed by atoms with Gasteiger partial charge in [0.15, 0.2) is 0 Å². The normalized spacial score (nSPS) is 16.1. The first-order chi connectivity index (χ1) is 9.21. The predicted octanol–water partition coefficient (Wildman–Crippen LogP) is 2.45. The molecule has 0 spiro atoms. The van der Waals surface area contributed by atoms with Gasteiger partial charge >= 0.3 is 5.97 Å². The van der Waals surface area contributed by atoms with Gasteiger partial charge < -0.3 is 9.47 Å². The summed E-state index contributed by atoms with van der Waals surface area (Å²) in [6.45, 7) is 0. The molecule has 2 aromatic rings. The third-order valence-corrected chi connectivity index (χ3v) is 3.75. The largest absolute Gasteiger partial charge is 0.497 e. The van der Waals surface area contributed by atoms with E-state index >= 15 is 0 Å². The number of rotatable bonds is 3. The number of ether oxygens (including phenoxy) is 2. The number of esters is 1. The van der Waals surface area contributed by atoms with Crippen molar-refractivity contribution in [1.82, 2.24) is 4.98 Å². The molecule has 1 heterocycles. The SMILES string of the molecule is COC(=O)C1(c2nccc3ccc(OC)cc23)CC1. The maximum absolute atomic E-state index is 12.0. The minimum Gasteiger partial charge on any atom is -0.497 e. The first kappa shape index (κ1) is 12.0. The van der Waals surface area contributed by atoms with Crippen LogP contribution in [0.3, 0.4) is 0 Å². The molecule has 3 rings (SSSR count). The van der Waals surface area contributed by atoms with Crippen LogP contribution >= 0.6 is 0 Å². The third-order valence-electron chi connectivity index (χ3n) is 3.75.